The molecule has 0 aliphatic heterocycles. The first-order valence-corrected chi connectivity index (χ1v) is 5.35. The lowest BCUT2D eigenvalue weighted by Crippen LogP contribution is -2.09. The van der Waals surface area contributed by atoms with E-state index in [1.54, 1.807) is 0 Å². The number of halogens is 4. The molecule has 0 aliphatic rings. The van der Waals surface area contributed by atoms with Crippen molar-refractivity contribution in [2.24, 2.45) is 0 Å². The Bertz CT molecular complexity index is 590. The summed E-state index contributed by atoms with van der Waals surface area (Å²) in [5.41, 5.74) is 5.44. The van der Waals surface area contributed by atoms with Crippen LogP contribution in [0.5, 0.6) is 0 Å². The van der Waals surface area contributed by atoms with Gasteiger partial charge in [0, 0.05) is 11.2 Å². The zero-order valence-corrected chi connectivity index (χ0v) is 10.0. The molecular weight excluding hydrogens is 267 g/mol. The Hall–Kier alpha value is -1.69. The van der Waals surface area contributed by atoms with Gasteiger partial charge < -0.3 is 5.73 Å². The van der Waals surface area contributed by atoms with E-state index < -0.39 is 11.9 Å². The molecule has 0 atom stereocenters. The predicted molar refractivity (Wildman–Crippen MR) is 62.7 cm³/mol. The molecule has 96 valence electrons. The number of nitrogen functional groups attached to an aromatic ring is 1. The van der Waals surface area contributed by atoms with E-state index in [1.165, 1.54) is 31.3 Å². The van der Waals surface area contributed by atoms with Crippen LogP contribution in [0.2, 0.25) is 5.02 Å². The highest BCUT2D eigenvalue weighted by molar-refractivity contribution is 6.30. The van der Waals surface area contributed by atoms with Crippen molar-refractivity contribution in [2.75, 3.05) is 5.73 Å². The number of nitrogens with zero attached hydrogens (tertiary/aromatic N) is 2. The number of alkyl halides is 3. The molecule has 0 unspecified atom stereocenters. The van der Waals surface area contributed by atoms with Crippen LogP contribution in [-0.4, -0.2) is 9.78 Å². The predicted octanol–water partition coefficient (Wildman–Crippen LogP) is 3.44. The highest BCUT2D eigenvalue weighted by Gasteiger charge is 2.36. The monoisotopic (exact) mass is 275 g/mol. The van der Waals surface area contributed by atoms with E-state index in [1.807, 2.05) is 0 Å². The average molecular weight is 276 g/mol. The molecular formula is C11H9ClF3N3. The molecule has 18 heavy (non-hydrogen) atoms. The Balaban J connectivity index is 2.53. The third kappa shape index (κ3) is 2.28. The van der Waals surface area contributed by atoms with Gasteiger partial charge in [0.15, 0.2) is 5.69 Å². The van der Waals surface area contributed by atoms with Crippen molar-refractivity contribution in [3.63, 3.8) is 0 Å². The number of nitrogens with two attached hydrogens (primary N) is 1. The second-order valence-corrected chi connectivity index (χ2v) is 4.24. The topological polar surface area (TPSA) is 43.8 Å². The minimum absolute atomic E-state index is 0.0388. The number of hydrogen-bond acceptors (Lipinski definition) is 2. The number of benzene rings is 1. The Kier molecular flexibility index (Phi) is 2.98. The van der Waals surface area contributed by atoms with Gasteiger partial charge in [0.05, 0.1) is 11.4 Å². The van der Waals surface area contributed by atoms with Gasteiger partial charge in [-0.2, -0.15) is 18.3 Å². The van der Waals surface area contributed by atoms with Crippen molar-refractivity contribution in [3.05, 3.63) is 40.7 Å². The number of hydrogen-bond donors (Lipinski definition) is 1. The van der Waals surface area contributed by atoms with Gasteiger partial charge >= 0.3 is 6.18 Å². The summed E-state index contributed by atoms with van der Waals surface area (Å²) in [5, 5.41) is 3.92. The zero-order chi connectivity index (χ0) is 13.5. The van der Waals surface area contributed by atoms with Gasteiger partial charge in [-0.25, -0.2) is 4.68 Å². The molecule has 7 heteroatoms. The van der Waals surface area contributed by atoms with Crippen LogP contribution < -0.4 is 5.73 Å². The average Bonchev–Trinajstić information content (AvgIpc) is 2.59. The minimum atomic E-state index is -4.48. The van der Waals surface area contributed by atoms with E-state index in [2.05, 4.69) is 5.10 Å². The van der Waals surface area contributed by atoms with Crippen molar-refractivity contribution >= 4 is 17.3 Å². The maximum Gasteiger partial charge on any atom is 0.435 e. The summed E-state index contributed by atoms with van der Waals surface area (Å²) >= 11 is 5.72. The third-order valence-corrected chi connectivity index (χ3v) is 2.64. The maximum atomic E-state index is 12.6. The molecule has 0 fully saturated rings. The van der Waals surface area contributed by atoms with Crippen LogP contribution in [0.1, 0.15) is 11.3 Å². The first-order valence-electron chi connectivity index (χ1n) is 4.98. The SMILES string of the molecule is Cc1cn(-c2ccc(Cl)cc2N)nc1C(F)(F)F. The van der Waals surface area contributed by atoms with E-state index in [-0.39, 0.29) is 11.3 Å². The number of aryl methyl sites for hydroxylation is 1. The normalized spacial score (nSPS) is 11.8. The summed E-state index contributed by atoms with van der Waals surface area (Å²) in [6, 6.07) is 4.52. The van der Waals surface area contributed by atoms with E-state index in [0.717, 1.165) is 4.68 Å². The summed E-state index contributed by atoms with van der Waals surface area (Å²) < 4.78 is 38.9. The summed E-state index contributed by atoms with van der Waals surface area (Å²) in [7, 11) is 0. The largest absolute Gasteiger partial charge is 0.435 e. The van der Waals surface area contributed by atoms with Crippen molar-refractivity contribution in [3.8, 4) is 5.69 Å². The Morgan fingerprint density at radius 2 is 2.00 bits per heavy atom. The molecule has 0 saturated carbocycles. The van der Waals surface area contributed by atoms with Crippen molar-refractivity contribution in [2.45, 2.75) is 13.1 Å². The summed E-state index contributed by atoms with van der Waals surface area (Å²) in [6.07, 6.45) is -3.20. The second kappa shape index (κ2) is 4.20. The van der Waals surface area contributed by atoms with Gasteiger partial charge in [-0.1, -0.05) is 11.6 Å². The van der Waals surface area contributed by atoms with Crippen LogP contribution in [0.25, 0.3) is 5.69 Å². The van der Waals surface area contributed by atoms with E-state index in [0.29, 0.717) is 10.7 Å². The second-order valence-electron chi connectivity index (χ2n) is 3.81. The fourth-order valence-corrected chi connectivity index (χ4v) is 1.78. The molecule has 0 amide bonds. The Labute approximate surface area is 106 Å². The molecule has 0 saturated heterocycles. The highest BCUT2D eigenvalue weighted by atomic mass is 35.5. The first-order chi connectivity index (χ1) is 8.29. The zero-order valence-electron chi connectivity index (χ0n) is 9.29. The van der Waals surface area contributed by atoms with Gasteiger partial charge in [-0.15, -0.1) is 0 Å². The molecule has 1 heterocycles. The van der Waals surface area contributed by atoms with Crippen molar-refractivity contribution < 1.29 is 13.2 Å². The summed E-state index contributed by atoms with van der Waals surface area (Å²) in [5.74, 6) is 0. The fraction of sp³-hybridized carbons (Fsp3) is 0.182. The molecule has 2 N–H and O–H groups in total. The summed E-state index contributed by atoms with van der Waals surface area (Å²) in [6.45, 7) is 1.35. The lowest BCUT2D eigenvalue weighted by molar-refractivity contribution is -0.141. The number of aromatic nitrogens is 2. The quantitative estimate of drug-likeness (QED) is 0.810. The van der Waals surface area contributed by atoms with Gasteiger partial charge in [-0.3, -0.25) is 0 Å². The summed E-state index contributed by atoms with van der Waals surface area (Å²) in [4.78, 5) is 0. The third-order valence-electron chi connectivity index (χ3n) is 2.40. The fourth-order valence-electron chi connectivity index (χ4n) is 1.60. The number of anilines is 1. The van der Waals surface area contributed by atoms with Crippen molar-refractivity contribution in [1.82, 2.24) is 9.78 Å². The molecule has 3 nitrogen and oxygen atoms in total. The molecule has 0 bridgehead atoms. The lowest BCUT2D eigenvalue weighted by Gasteiger charge is -2.06. The molecule has 0 spiro atoms. The number of rotatable bonds is 1. The van der Waals surface area contributed by atoms with E-state index in [9.17, 15) is 13.2 Å². The van der Waals surface area contributed by atoms with Gasteiger partial charge in [0.2, 0.25) is 0 Å². The molecule has 1 aromatic carbocycles. The molecule has 1 aromatic heterocycles. The lowest BCUT2D eigenvalue weighted by atomic mass is 10.2. The van der Waals surface area contributed by atoms with Crippen LogP contribution in [0, 0.1) is 6.92 Å². The molecule has 2 aromatic rings. The van der Waals surface area contributed by atoms with Gasteiger partial charge in [-0.05, 0) is 30.7 Å². The highest BCUT2D eigenvalue weighted by Crippen LogP contribution is 2.31. The van der Waals surface area contributed by atoms with Crippen LogP contribution in [0.3, 0.4) is 0 Å². The van der Waals surface area contributed by atoms with Gasteiger partial charge in [0.25, 0.3) is 0 Å². The van der Waals surface area contributed by atoms with E-state index >= 15 is 0 Å². The Morgan fingerprint density at radius 1 is 1.33 bits per heavy atom. The first kappa shape index (κ1) is 12.8. The van der Waals surface area contributed by atoms with Crippen LogP contribution in [0.4, 0.5) is 18.9 Å². The minimum Gasteiger partial charge on any atom is -0.397 e. The van der Waals surface area contributed by atoms with Crippen LogP contribution in [-0.2, 0) is 6.18 Å². The van der Waals surface area contributed by atoms with Gasteiger partial charge in [0.1, 0.15) is 0 Å². The standard InChI is InChI=1S/C11H9ClF3N3/c1-6-5-18(17-10(6)11(13,14)15)9-3-2-7(12)4-8(9)16/h2-5H,16H2,1H3. The van der Waals surface area contributed by atoms with Crippen LogP contribution in [0.15, 0.2) is 24.4 Å². The van der Waals surface area contributed by atoms with E-state index in [4.69, 9.17) is 17.3 Å². The van der Waals surface area contributed by atoms with Crippen LogP contribution >= 0.6 is 11.6 Å². The molecule has 0 aliphatic carbocycles. The molecule has 2 rings (SSSR count). The maximum absolute atomic E-state index is 12.6. The Morgan fingerprint density at radius 3 is 2.50 bits per heavy atom. The molecule has 0 radical (unpaired) electrons. The van der Waals surface area contributed by atoms with Crippen molar-refractivity contribution in [1.29, 1.82) is 0 Å². The smallest absolute Gasteiger partial charge is 0.397 e.